The summed E-state index contributed by atoms with van der Waals surface area (Å²) in [5.41, 5.74) is 4.93. The Hall–Kier alpha value is -3.98. The Labute approximate surface area is 208 Å². The van der Waals surface area contributed by atoms with Crippen LogP contribution < -0.4 is 10.2 Å². The number of nitrogens with one attached hydrogen (secondary N) is 1. The first kappa shape index (κ1) is 22.5. The summed E-state index contributed by atoms with van der Waals surface area (Å²) >= 11 is 0. The number of morpholine rings is 1. The fraction of sp³-hybridized carbons (Fsp3) is 0.333. The zero-order valence-corrected chi connectivity index (χ0v) is 20.1. The number of aromatic nitrogens is 4. The monoisotopic (exact) mass is 484 g/mol. The number of aryl methyl sites for hydroxylation is 1. The van der Waals surface area contributed by atoms with Gasteiger partial charge in [0.2, 0.25) is 5.95 Å². The molecule has 2 aromatic heterocycles. The third kappa shape index (κ3) is 4.61. The lowest BCUT2D eigenvalue weighted by atomic mass is 10.1. The normalized spacial score (nSPS) is 15.9. The number of imidazole rings is 1. The molecule has 0 amide bonds. The molecule has 184 valence electrons. The summed E-state index contributed by atoms with van der Waals surface area (Å²) in [6, 6.07) is 14.9. The summed E-state index contributed by atoms with van der Waals surface area (Å²) in [6.45, 7) is 5.80. The molecule has 9 heteroatoms. The number of rotatable bonds is 7. The number of fused-ring (bicyclic) bond motifs is 1. The van der Waals surface area contributed by atoms with Crippen molar-refractivity contribution >= 4 is 34.5 Å². The molecule has 9 nitrogen and oxygen atoms in total. The molecular formula is C27H28N6O3. The molecule has 1 aliphatic carbocycles. The van der Waals surface area contributed by atoms with Gasteiger partial charge in [-0.2, -0.15) is 4.98 Å². The highest BCUT2D eigenvalue weighted by molar-refractivity contribution is 5.88. The highest BCUT2D eigenvalue weighted by Gasteiger charge is 2.24. The maximum absolute atomic E-state index is 11.2. The minimum Gasteiger partial charge on any atom is -0.478 e. The predicted molar refractivity (Wildman–Crippen MR) is 138 cm³/mol. The molecule has 36 heavy (non-hydrogen) atoms. The summed E-state index contributed by atoms with van der Waals surface area (Å²) in [5, 5.41) is 12.5. The number of hydrogen-bond acceptors (Lipinski definition) is 7. The first-order chi connectivity index (χ1) is 17.5. The molecule has 0 spiro atoms. The van der Waals surface area contributed by atoms with Gasteiger partial charge < -0.3 is 24.6 Å². The summed E-state index contributed by atoms with van der Waals surface area (Å²) in [4.78, 5) is 27.8. The number of hydrogen-bond donors (Lipinski definition) is 2. The molecule has 1 aliphatic heterocycles. The number of carboxylic acid groups (broad SMARTS) is 1. The standard InChI is InChI=1S/C27H28N6O3/c1-17-28-22-9-6-20(14-24(22)33(17)16-18-2-3-18)23-15-25(29-21-7-4-19(5-8-21)26(34)35)31-27(30-23)32-10-12-36-13-11-32/h4-9,14-15,18H,2-3,10-13,16H2,1H3,(H,34,35)(H,29,30,31). The number of carbonyl (C=O) groups is 1. The van der Waals surface area contributed by atoms with E-state index in [1.807, 2.05) is 6.07 Å². The Bertz CT molecular complexity index is 1420. The number of ether oxygens (including phenoxy) is 1. The van der Waals surface area contributed by atoms with Crippen LogP contribution in [0.1, 0.15) is 29.0 Å². The van der Waals surface area contributed by atoms with Gasteiger partial charge in [-0.05, 0) is 62.1 Å². The Morgan fingerprint density at radius 1 is 1.06 bits per heavy atom. The smallest absolute Gasteiger partial charge is 0.335 e. The second kappa shape index (κ2) is 9.23. The van der Waals surface area contributed by atoms with Gasteiger partial charge in [0.05, 0.1) is 35.5 Å². The topological polar surface area (TPSA) is 105 Å². The first-order valence-electron chi connectivity index (χ1n) is 12.3. The van der Waals surface area contributed by atoms with Crippen LogP contribution in [0, 0.1) is 12.8 Å². The van der Waals surface area contributed by atoms with Crippen LogP contribution >= 0.6 is 0 Å². The highest BCUT2D eigenvalue weighted by atomic mass is 16.5. The van der Waals surface area contributed by atoms with Crippen molar-refractivity contribution < 1.29 is 14.6 Å². The maximum atomic E-state index is 11.2. The summed E-state index contributed by atoms with van der Waals surface area (Å²) < 4.78 is 7.85. The van der Waals surface area contributed by atoms with E-state index >= 15 is 0 Å². The van der Waals surface area contributed by atoms with Gasteiger partial charge in [-0.15, -0.1) is 0 Å². The molecule has 2 aliphatic rings. The lowest BCUT2D eigenvalue weighted by Crippen LogP contribution is -2.37. The quantitative estimate of drug-likeness (QED) is 0.395. The van der Waals surface area contributed by atoms with Gasteiger partial charge in [0.15, 0.2) is 0 Å². The number of nitrogens with zero attached hydrogens (tertiary/aromatic N) is 5. The average molecular weight is 485 g/mol. The number of carboxylic acids is 1. The van der Waals surface area contributed by atoms with Crippen LogP contribution in [-0.4, -0.2) is 56.9 Å². The van der Waals surface area contributed by atoms with E-state index in [1.54, 1.807) is 24.3 Å². The maximum Gasteiger partial charge on any atom is 0.335 e. The molecule has 0 radical (unpaired) electrons. The van der Waals surface area contributed by atoms with E-state index in [0.29, 0.717) is 25.0 Å². The van der Waals surface area contributed by atoms with Gasteiger partial charge in [-0.3, -0.25) is 0 Å². The first-order valence-corrected chi connectivity index (χ1v) is 12.3. The average Bonchev–Trinajstić information content (AvgIpc) is 3.67. The van der Waals surface area contributed by atoms with E-state index in [4.69, 9.17) is 19.7 Å². The lowest BCUT2D eigenvalue weighted by Gasteiger charge is -2.27. The molecule has 1 saturated heterocycles. The molecule has 2 N–H and O–H groups in total. The van der Waals surface area contributed by atoms with Crippen molar-refractivity contribution in [3.05, 3.63) is 59.9 Å². The Morgan fingerprint density at radius 2 is 1.83 bits per heavy atom. The van der Waals surface area contributed by atoms with Crippen molar-refractivity contribution in [2.45, 2.75) is 26.3 Å². The van der Waals surface area contributed by atoms with Gasteiger partial charge in [0.1, 0.15) is 11.6 Å². The lowest BCUT2D eigenvalue weighted by molar-refractivity contribution is 0.0697. The Balaban J connectivity index is 1.39. The van der Waals surface area contributed by atoms with Crippen LogP contribution in [0.15, 0.2) is 48.5 Å². The van der Waals surface area contributed by atoms with E-state index < -0.39 is 5.97 Å². The molecule has 0 bridgehead atoms. The van der Waals surface area contributed by atoms with Crippen molar-refractivity contribution in [3.63, 3.8) is 0 Å². The van der Waals surface area contributed by atoms with E-state index in [2.05, 4.69) is 39.9 Å². The second-order valence-corrected chi connectivity index (χ2v) is 9.46. The predicted octanol–water partition coefficient (Wildman–Crippen LogP) is 4.49. The van der Waals surface area contributed by atoms with Gasteiger partial charge >= 0.3 is 5.97 Å². The highest BCUT2D eigenvalue weighted by Crippen LogP contribution is 2.34. The molecule has 6 rings (SSSR count). The third-order valence-corrected chi connectivity index (χ3v) is 6.79. The number of aromatic carboxylic acids is 1. The molecular weight excluding hydrogens is 456 g/mol. The van der Waals surface area contributed by atoms with Gasteiger partial charge in [-0.25, -0.2) is 14.8 Å². The fourth-order valence-electron chi connectivity index (χ4n) is 4.59. The number of benzene rings is 2. The van der Waals surface area contributed by atoms with E-state index in [0.717, 1.165) is 59.4 Å². The SMILES string of the molecule is Cc1nc2ccc(-c3cc(Nc4ccc(C(=O)O)cc4)nc(N4CCOCC4)n3)cc2n1CC1CC1. The summed E-state index contributed by atoms with van der Waals surface area (Å²) in [6.07, 6.45) is 2.58. The van der Waals surface area contributed by atoms with Crippen LogP contribution in [0.3, 0.4) is 0 Å². The Morgan fingerprint density at radius 3 is 2.56 bits per heavy atom. The van der Waals surface area contributed by atoms with Gasteiger partial charge in [0, 0.05) is 37.0 Å². The van der Waals surface area contributed by atoms with Crippen molar-refractivity contribution in [3.8, 4) is 11.3 Å². The van der Waals surface area contributed by atoms with Crippen molar-refractivity contribution in [1.29, 1.82) is 0 Å². The largest absolute Gasteiger partial charge is 0.478 e. The number of anilines is 3. The summed E-state index contributed by atoms with van der Waals surface area (Å²) in [5.74, 6) is 2.13. The zero-order chi connectivity index (χ0) is 24.6. The minimum atomic E-state index is -0.952. The minimum absolute atomic E-state index is 0.240. The van der Waals surface area contributed by atoms with Crippen LogP contribution in [0.4, 0.5) is 17.5 Å². The van der Waals surface area contributed by atoms with E-state index in [-0.39, 0.29) is 5.56 Å². The van der Waals surface area contributed by atoms with Crippen LogP contribution in [0.25, 0.3) is 22.3 Å². The Kier molecular flexibility index (Phi) is 5.77. The molecule has 0 atom stereocenters. The van der Waals surface area contributed by atoms with Crippen LogP contribution in [0.2, 0.25) is 0 Å². The van der Waals surface area contributed by atoms with Crippen molar-refractivity contribution in [2.75, 3.05) is 36.5 Å². The van der Waals surface area contributed by atoms with Gasteiger partial charge in [-0.1, -0.05) is 6.07 Å². The van der Waals surface area contributed by atoms with Gasteiger partial charge in [0.25, 0.3) is 0 Å². The molecule has 1 saturated carbocycles. The molecule has 3 heterocycles. The van der Waals surface area contributed by atoms with Crippen molar-refractivity contribution in [2.24, 2.45) is 5.92 Å². The van der Waals surface area contributed by atoms with E-state index in [1.165, 1.54) is 12.8 Å². The summed E-state index contributed by atoms with van der Waals surface area (Å²) in [7, 11) is 0. The second-order valence-electron chi connectivity index (χ2n) is 9.46. The van der Waals surface area contributed by atoms with Crippen LogP contribution in [0.5, 0.6) is 0 Å². The molecule has 2 fully saturated rings. The molecule has 0 unspecified atom stereocenters. The third-order valence-electron chi connectivity index (χ3n) is 6.79. The zero-order valence-electron chi connectivity index (χ0n) is 20.1. The molecule has 2 aromatic carbocycles. The van der Waals surface area contributed by atoms with Crippen LogP contribution in [-0.2, 0) is 11.3 Å². The van der Waals surface area contributed by atoms with E-state index in [9.17, 15) is 9.90 Å². The molecule has 4 aromatic rings. The van der Waals surface area contributed by atoms with Crippen molar-refractivity contribution in [1.82, 2.24) is 19.5 Å². The fourth-order valence-corrected chi connectivity index (χ4v) is 4.59.